The van der Waals surface area contributed by atoms with Crippen molar-refractivity contribution in [2.45, 2.75) is 13.5 Å². The SMILES string of the molecule is CCn1cc(-c2ccccc2Br)nc2c(=O)n(C)c(=O)nc1-2. The van der Waals surface area contributed by atoms with Crippen molar-refractivity contribution in [1.82, 2.24) is 19.1 Å². The van der Waals surface area contributed by atoms with Crippen LogP contribution in [-0.2, 0) is 13.6 Å². The van der Waals surface area contributed by atoms with Crippen molar-refractivity contribution in [3.63, 3.8) is 0 Å². The van der Waals surface area contributed by atoms with Crippen LogP contribution in [-0.4, -0.2) is 19.1 Å². The highest BCUT2D eigenvalue weighted by atomic mass is 79.9. The van der Waals surface area contributed by atoms with Crippen molar-refractivity contribution in [2.24, 2.45) is 7.05 Å². The summed E-state index contributed by atoms with van der Waals surface area (Å²) in [5.74, 6) is 0.311. The summed E-state index contributed by atoms with van der Waals surface area (Å²) < 4.78 is 3.62. The number of benzene rings is 1. The van der Waals surface area contributed by atoms with Crippen LogP contribution >= 0.6 is 15.9 Å². The number of halogens is 1. The minimum Gasteiger partial charge on any atom is -0.329 e. The van der Waals surface area contributed by atoms with E-state index in [4.69, 9.17) is 0 Å². The summed E-state index contributed by atoms with van der Waals surface area (Å²) >= 11 is 3.49. The Balaban J connectivity index is 2.41. The molecule has 0 atom stereocenters. The lowest BCUT2D eigenvalue weighted by Crippen LogP contribution is -2.36. The van der Waals surface area contributed by atoms with Gasteiger partial charge in [-0.05, 0) is 13.0 Å². The lowest BCUT2D eigenvalue weighted by atomic mass is 10.1. The molecule has 3 rings (SSSR count). The Morgan fingerprint density at radius 1 is 1.18 bits per heavy atom. The largest absolute Gasteiger partial charge is 0.352 e. The molecular weight excluding hydrogens is 348 g/mol. The maximum atomic E-state index is 12.3. The average Bonchev–Trinajstić information content (AvgIpc) is 2.52. The van der Waals surface area contributed by atoms with Crippen LogP contribution in [0.3, 0.4) is 0 Å². The molecule has 7 heteroatoms. The summed E-state index contributed by atoms with van der Waals surface area (Å²) in [5.41, 5.74) is 0.706. The van der Waals surface area contributed by atoms with Gasteiger partial charge in [0.25, 0.3) is 5.56 Å². The zero-order valence-corrected chi connectivity index (χ0v) is 13.7. The van der Waals surface area contributed by atoms with Crippen LogP contribution in [0.25, 0.3) is 22.8 Å². The number of hydrogen-bond acceptors (Lipinski definition) is 4. The molecule has 0 bridgehead atoms. The van der Waals surface area contributed by atoms with Crippen LogP contribution in [0.4, 0.5) is 0 Å². The molecule has 22 heavy (non-hydrogen) atoms. The second kappa shape index (κ2) is 5.49. The van der Waals surface area contributed by atoms with E-state index in [0.29, 0.717) is 18.1 Å². The number of aryl methyl sites for hydroxylation is 1. The molecule has 1 aromatic carbocycles. The van der Waals surface area contributed by atoms with Gasteiger partial charge < -0.3 is 4.57 Å². The fourth-order valence-electron chi connectivity index (χ4n) is 2.26. The molecule has 0 saturated heterocycles. The molecule has 112 valence electrons. The molecule has 0 saturated carbocycles. The molecule has 0 radical (unpaired) electrons. The highest BCUT2D eigenvalue weighted by Crippen LogP contribution is 2.28. The second-order valence-electron chi connectivity index (χ2n) is 4.82. The predicted molar refractivity (Wildman–Crippen MR) is 87.0 cm³/mol. The summed E-state index contributed by atoms with van der Waals surface area (Å²) in [6, 6.07) is 7.64. The number of rotatable bonds is 2. The van der Waals surface area contributed by atoms with E-state index in [9.17, 15) is 9.59 Å². The van der Waals surface area contributed by atoms with Crippen molar-refractivity contribution in [3.8, 4) is 22.8 Å². The summed E-state index contributed by atoms with van der Waals surface area (Å²) in [4.78, 5) is 32.4. The molecule has 1 aromatic rings. The number of hydrogen-bond donors (Lipinski definition) is 0. The molecule has 0 aliphatic carbocycles. The minimum atomic E-state index is -0.574. The van der Waals surface area contributed by atoms with Crippen LogP contribution in [0.1, 0.15) is 6.92 Å². The van der Waals surface area contributed by atoms with E-state index in [0.717, 1.165) is 14.6 Å². The van der Waals surface area contributed by atoms with Gasteiger partial charge >= 0.3 is 5.69 Å². The number of aromatic nitrogens is 4. The molecule has 6 nitrogen and oxygen atoms in total. The van der Waals surface area contributed by atoms with Crippen LogP contribution in [0.15, 0.2) is 44.5 Å². The minimum absolute atomic E-state index is 0.192. The second-order valence-corrected chi connectivity index (χ2v) is 5.68. The first kappa shape index (κ1) is 14.6. The topological polar surface area (TPSA) is 69.8 Å². The van der Waals surface area contributed by atoms with Gasteiger partial charge in [0.2, 0.25) is 0 Å². The Labute approximate surface area is 134 Å². The van der Waals surface area contributed by atoms with Gasteiger partial charge in [-0.2, -0.15) is 4.98 Å². The van der Waals surface area contributed by atoms with E-state index in [-0.39, 0.29) is 5.69 Å². The first-order valence-electron chi connectivity index (χ1n) is 6.76. The Morgan fingerprint density at radius 3 is 2.59 bits per heavy atom. The van der Waals surface area contributed by atoms with Crippen LogP contribution in [0.2, 0.25) is 0 Å². The van der Waals surface area contributed by atoms with E-state index in [2.05, 4.69) is 25.9 Å². The summed E-state index contributed by atoms with van der Waals surface area (Å²) in [5, 5.41) is 0. The molecular formula is C15H13BrN4O2. The van der Waals surface area contributed by atoms with Crippen LogP contribution < -0.4 is 11.2 Å². The molecule has 2 heterocycles. The Kier molecular flexibility index (Phi) is 3.66. The van der Waals surface area contributed by atoms with Gasteiger partial charge in [0.05, 0.1) is 5.69 Å². The van der Waals surface area contributed by atoms with Crippen LogP contribution in [0.5, 0.6) is 0 Å². The van der Waals surface area contributed by atoms with Gasteiger partial charge in [-0.3, -0.25) is 9.36 Å². The molecule has 0 fully saturated rings. The first-order valence-corrected chi connectivity index (χ1v) is 7.55. The lowest BCUT2D eigenvalue weighted by Gasteiger charge is -2.15. The van der Waals surface area contributed by atoms with E-state index >= 15 is 0 Å². The normalized spacial score (nSPS) is 11.0. The third-order valence-electron chi connectivity index (χ3n) is 3.48. The Hall–Kier alpha value is -2.28. The molecule has 0 unspecified atom stereocenters. The van der Waals surface area contributed by atoms with Gasteiger partial charge in [-0.15, -0.1) is 0 Å². The monoisotopic (exact) mass is 360 g/mol. The lowest BCUT2D eigenvalue weighted by molar-refractivity contribution is 0.698. The number of fused-ring (bicyclic) bond motifs is 1. The van der Waals surface area contributed by atoms with Gasteiger partial charge in [0, 0.05) is 29.8 Å². The highest BCUT2D eigenvalue weighted by Gasteiger charge is 2.19. The zero-order valence-electron chi connectivity index (χ0n) is 12.1. The molecule has 2 aliphatic heterocycles. The average molecular weight is 361 g/mol. The van der Waals surface area contributed by atoms with Crippen molar-refractivity contribution < 1.29 is 0 Å². The van der Waals surface area contributed by atoms with E-state index in [1.165, 1.54) is 7.05 Å². The third kappa shape index (κ3) is 2.27. The van der Waals surface area contributed by atoms with E-state index in [1.54, 1.807) is 10.8 Å². The molecule has 0 amide bonds. The predicted octanol–water partition coefficient (Wildman–Crippen LogP) is 1.89. The molecule has 2 aliphatic rings. The van der Waals surface area contributed by atoms with Gasteiger partial charge in [-0.1, -0.05) is 34.1 Å². The fraction of sp³-hybridized carbons (Fsp3) is 0.200. The van der Waals surface area contributed by atoms with E-state index < -0.39 is 11.2 Å². The van der Waals surface area contributed by atoms with Crippen molar-refractivity contribution in [1.29, 1.82) is 0 Å². The van der Waals surface area contributed by atoms with E-state index in [1.807, 2.05) is 31.2 Å². The van der Waals surface area contributed by atoms with Crippen molar-refractivity contribution >= 4 is 15.9 Å². The molecule has 0 spiro atoms. The third-order valence-corrected chi connectivity index (χ3v) is 4.17. The summed E-state index contributed by atoms with van der Waals surface area (Å²) in [7, 11) is 1.40. The standard InChI is InChI=1S/C15H13BrN4O2/c1-3-20-8-11(9-6-4-5-7-10(9)16)17-12-13(20)18-15(22)19(2)14(12)21/h4-8H,3H2,1-2H3. The molecule has 0 aromatic heterocycles. The smallest absolute Gasteiger partial charge is 0.329 e. The Bertz CT molecular complexity index is 945. The number of nitrogens with zero attached hydrogens (tertiary/aromatic N) is 4. The molecule has 0 N–H and O–H groups in total. The summed E-state index contributed by atoms with van der Waals surface area (Å²) in [6.07, 6.45) is 1.80. The maximum absolute atomic E-state index is 12.3. The first-order chi connectivity index (χ1) is 10.5. The van der Waals surface area contributed by atoms with Crippen molar-refractivity contribution in [2.75, 3.05) is 0 Å². The highest BCUT2D eigenvalue weighted by molar-refractivity contribution is 9.10. The van der Waals surface area contributed by atoms with Gasteiger partial charge in [0.15, 0.2) is 11.5 Å². The van der Waals surface area contributed by atoms with Crippen molar-refractivity contribution in [3.05, 3.63) is 55.8 Å². The van der Waals surface area contributed by atoms with Gasteiger partial charge in [0.1, 0.15) is 0 Å². The Morgan fingerprint density at radius 2 is 1.91 bits per heavy atom. The van der Waals surface area contributed by atoms with Crippen LogP contribution in [0, 0.1) is 0 Å². The van der Waals surface area contributed by atoms with Gasteiger partial charge in [-0.25, -0.2) is 9.78 Å². The summed E-state index contributed by atoms with van der Waals surface area (Å²) in [6.45, 7) is 2.50. The quantitative estimate of drug-likeness (QED) is 0.699. The fourth-order valence-corrected chi connectivity index (χ4v) is 2.74. The maximum Gasteiger partial charge on any atom is 0.352 e. The zero-order chi connectivity index (χ0) is 15.9.